The van der Waals surface area contributed by atoms with Gasteiger partial charge < -0.3 is 10.1 Å². The average molecular weight is 344 g/mol. The Kier molecular flexibility index (Phi) is 5.50. The van der Waals surface area contributed by atoms with E-state index >= 15 is 0 Å². The first-order valence-electron chi connectivity index (χ1n) is 6.71. The van der Waals surface area contributed by atoms with Crippen molar-refractivity contribution in [3.05, 3.63) is 59.1 Å². The smallest absolute Gasteiger partial charge is 0.418 e. The number of rotatable bonds is 5. The Morgan fingerprint density at radius 1 is 1.13 bits per heavy atom. The Morgan fingerprint density at radius 2 is 1.83 bits per heavy atom. The Morgan fingerprint density at radius 3 is 2.48 bits per heavy atom. The lowest BCUT2D eigenvalue weighted by atomic mass is 10.1. The van der Waals surface area contributed by atoms with Gasteiger partial charge in [-0.3, -0.25) is 4.79 Å². The number of hydrogen-bond donors (Lipinski definition) is 1. The normalized spacial score (nSPS) is 11.1. The highest BCUT2D eigenvalue weighted by molar-refractivity contribution is 6.30. The highest BCUT2D eigenvalue weighted by Crippen LogP contribution is 2.36. The third-order valence-electron chi connectivity index (χ3n) is 2.90. The van der Waals surface area contributed by atoms with Gasteiger partial charge in [-0.15, -0.1) is 0 Å². The van der Waals surface area contributed by atoms with Crippen molar-refractivity contribution in [2.75, 3.05) is 11.9 Å². The summed E-state index contributed by atoms with van der Waals surface area (Å²) in [6.45, 7) is 0.0603. The molecule has 7 heteroatoms. The van der Waals surface area contributed by atoms with Gasteiger partial charge in [-0.1, -0.05) is 29.8 Å². The summed E-state index contributed by atoms with van der Waals surface area (Å²) in [6.07, 6.45) is -4.68. The molecule has 1 amide bonds. The molecule has 122 valence electrons. The molecule has 0 saturated heterocycles. The molecule has 2 aromatic rings. The van der Waals surface area contributed by atoms with Crippen molar-refractivity contribution in [3.8, 4) is 5.75 Å². The van der Waals surface area contributed by atoms with Crippen LogP contribution < -0.4 is 10.1 Å². The first-order chi connectivity index (χ1) is 10.9. The van der Waals surface area contributed by atoms with Gasteiger partial charge in [0.25, 0.3) is 0 Å². The van der Waals surface area contributed by atoms with Gasteiger partial charge in [-0.2, -0.15) is 13.2 Å². The summed E-state index contributed by atoms with van der Waals surface area (Å²) in [5.41, 5.74) is -1.31. The van der Waals surface area contributed by atoms with Crippen LogP contribution in [0.25, 0.3) is 0 Å². The highest BCUT2D eigenvalue weighted by Gasteiger charge is 2.34. The molecular weight excluding hydrogens is 331 g/mol. The molecule has 0 unspecified atom stereocenters. The molecule has 2 rings (SSSR count). The molecule has 0 bridgehead atoms. The van der Waals surface area contributed by atoms with Crippen molar-refractivity contribution in [1.29, 1.82) is 0 Å². The first-order valence-corrected chi connectivity index (χ1v) is 7.08. The summed E-state index contributed by atoms with van der Waals surface area (Å²) in [7, 11) is 0. The van der Waals surface area contributed by atoms with Crippen molar-refractivity contribution in [1.82, 2.24) is 0 Å². The van der Waals surface area contributed by atoms with Crippen LogP contribution in [0.1, 0.15) is 12.0 Å². The fourth-order valence-electron chi connectivity index (χ4n) is 1.85. The molecule has 1 N–H and O–H groups in total. The zero-order chi connectivity index (χ0) is 16.9. The molecule has 0 atom stereocenters. The van der Waals surface area contributed by atoms with Gasteiger partial charge in [0.05, 0.1) is 24.3 Å². The number of amides is 1. The molecule has 0 aliphatic rings. The quantitative estimate of drug-likeness (QED) is 0.849. The predicted octanol–water partition coefficient (Wildman–Crippen LogP) is 4.77. The summed E-state index contributed by atoms with van der Waals surface area (Å²) >= 11 is 5.58. The van der Waals surface area contributed by atoms with E-state index in [9.17, 15) is 18.0 Å². The standard InChI is InChI=1S/C16H13ClF3NO2/c17-11-6-7-14(13(10-11)16(18,19)20)21-15(22)8-9-23-12-4-2-1-3-5-12/h1-7,10H,8-9H2,(H,21,22). The Labute approximate surface area is 136 Å². The van der Waals surface area contributed by atoms with E-state index in [1.165, 1.54) is 6.07 Å². The molecule has 23 heavy (non-hydrogen) atoms. The minimum atomic E-state index is -4.60. The molecule has 0 fully saturated rings. The van der Waals surface area contributed by atoms with Crippen molar-refractivity contribution in [2.24, 2.45) is 0 Å². The maximum absolute atomic E-state index is 12.9. The zero-order valence-electron chi connectivity index (χ0n) is 11.9. The second-order valence-electron chi connectivity index (χ2n) is 4.65. The lowest BCUT2D eigenvalue weighted by Gasteiger charge is -2.14. The van der Waals surface area contributed by atoms with Crippen LogP contribution in [0.2, 0.25) is 5.02 Å². The molecular formula is C16H13ClF3NO2. The summed E-state index contributed by atoms with van der Waals surface area (Å²) in [5.74, 6) is 0.0107. The molecule has 3 nitrogen and oxygen atoms in total. The van der Waals surface area contributed by atoms with Crippen LogP contribution in [0.15, 0.2) is 48.5 Å². The summed E-state index contributed by atoms with van der Waals surface area (Å²) in [4.78, 5) is 11.8. The van der Waals surface area contributed by atoms with Gasteiger partial charge in [0, 0.05) is 5.02 Å². The molecule has 0 spiro atoms. The monoisotopic (exact) mass is 343 g/mol. The topological polar surface area (TPSA) is 38.3 Å². The SMILES string of the molecule is O=C(CCOc1ccccc1)Nc1ccc(Cl)cc1C(F)(F)F. The fraction of sp³-hybridized carbons (Fsp3) is 0.188. The second-order valence-corrected chi connectivity index (χ2v) is 5.08. The molecule has 0 aliphatic carbocycles. The van der Waals surface area contributed by atoms with Crippen LogP contribution in [-0.2, 0) is 11.0 Å². The molecule has 2 aromatic carbocycles. The van der Waals surface area contributed by atoms with Crippen LogP contribution in [0.3, 0.4) is 0 Å². The number of ether oxygens (including phenoxy) is 1. The van der Waals surface area contributed by atoms with E-state index < -0.39 is 17.6 Å². The van der Waals surface area contributed by atoms with Gasteiger partial charge >= 0.3 is 6.18 Å². The first kappa shape index (κ1) is 17.1. The maximum atomic E-state index is 12.9. The van der Waals surface area contributed by atoms with Gasteiger partial charge in [-0.25, -0.2) is 0 Å². The van der Waals surface area contributed by atoms with Crippen molar-refractivity contribution in [2.45, 2.75) is 12.6 Å². The fourth-order valence-corrected chi connectivity index (χ4v) is 2.02. The van der Waals surface area contributed by atoms with Crippen LogP contribution >= 0.6 is 11.6 Å². The molecule has 0 saturated carbocycles. The van der Waals surface area contributed by atoms with Crippen LogP contribution in [0, 0.1) is 0 Å². The van der Waals surface area contributed by atoms with Gasteiger partial charge in [0.2, 0.25) is 5.91 Å². The van der Waals surface area contributed by atoms with E-state index in [1.54, 1.807) is 24.3 Å². The lowest BCUT2D eigenvalue weighted by Crippen LogP contribution is -2.18. The van der Waals surface area contributed by atoms with Crippen LogP contribution in [-0.4, -0.2) is 12.5 Å². The Balaban J connectivity index is 1.95. The largest absolute Gasteiger partial charge is 0.493 e. The van der Waals surface area contributed by atoms with E-state index in [1.807, 2.05) is 6.07 Å². The minimum absolute atomic E-state index is 0.0530. The van der Waals surface area contributed by atoms with E-state index in [0.29, 0.717) is 5.75 Å². The molecule has 0 radical (unpaired) electrons. The number of benzene rings is 2. The van der Waals surface area contributed by atoms with Crippen LogP contribution in [0.4, 0.5) is 18.9 Å². The minimum Gasteiger partial charge on any atom is -0.493 e. The average Bonchev–Trinajstić information content (AvgIpc) is 2.49. The third-order valence-corrected chi connectivity index (χ3v) is 3.14. The van der Waals surface area contributed by atoms with E-state index in [0.717, 1.165) is 12.1 Å². The van der Waals surface area contributed by atoms with Crippen molar-refractivity contribution in [3.63, 3.8) is 0 Å². The van der Waals surface area contributed by atoms with E-state index in [2.05, 4.69) is 5.32 Å². The molecule has 0 aromatic heterocycles. The number of anilines is 1. The molecule has 0 heterocycles. The number of carbonyl (C=O) groups is 1. The number of nitrogens with one attached hydrogen (secondary N) is 1. The second kappa shape index (κ2) is 7.37. The van der Waals surface area contributed by atoms with Gasteiger partial charge in [0.15, 0.2) is 0 Å². The van der Waals surface area contributed by atoms with Crippen molar-refractivity contribution < 1.29 is 22.7 Å². The van der Waals surface area contributed by atoms with E-state index in [4.69, 9.17) is 16.3 Å². The summed E-state index contributed by atoms with van der Waals surface area (Å²) < 4.78 is 44.1. The Hall–Kier alpha value is -2.21. The van der Waals surface area contributed by atoms with E-state index in [-0.39, 0.29) is 23.7 Å². The summed E-state index contributed by atoms with van der Waals surface area (Å²) in [6, 6.07) is 12.0. The number of para-hydroxylation sites is 1. The highest BCUT2D eigenvalue weighted by atomic mass is 35.5. The zero-order valence-corrected chi connectivity index (χ0v) is 12.6. The van der Waals surface area contributed by atoms with Gasteiger partial charge in [0.1, 0.15) is 5.75 Å². The number of hydrogen-bond acceptors (Lipinski definition) is 2. The predicted molar refractivity (Wildman–Crippen MR) is 81.6 cm³/mol. The number of halogens is 4. The number of alkyl halides is 3. The molecule has 0 aliphatic heterocycles. The van der Waals surface area contributed by atoms with Crippen molar-refractivity contribution >= 4 is 23.2 Å². The lowest BCUT2D eigenvalue weighted by molar-refractivity contribution is -0.137. The Bertz CT molecular complexity index is 675. The van der Waals surface area contributed by atoms with Gasteiger partial charge in [-0.05, 0) is 30.3 Å². The van der Waals surface area contributed by atoms with Crippen LogP contribution in [0.5, 0.6) is 5.75 Å². The number of carbonyl (C=O) groups excluding carboxylic acids is 1. The summed E-state index contributed by atoms with van der Waals surface area (Å²) in [5, 5.41) is 2.18. The maximum Gasteiger partial charge on any atom is 0.418 e. The third kappa shape index (κ3) is 5.17.